The first-order chi connectivity index (χ1) is 14.6. The molecule has 148 valence electrons. The fourth-order valence-corrected chi connectivity index (χ4v) is 3.59. The fourth-order valence-electron chi connectivity index (χ4n) is 3.59. The van der Waals surface area contributed by atoms with Crippen LogP contribution in [0.3, 0.4) is 0 Å². The molecule has 0 radical (unpaired) electrons. The van der Waals surface area contributed by atoms with E-state index >= 15 is 0 Å². The zero-order chi connectivity index (χ0) is 20.9. The topological polar surface area (TPSA) is 3.24 Å². The highest BCUT2D eigenvalue weighted by atomic mass is 15.1. The Labute approximate surface area is 179 Å². The first kappa shape index (κ1) is 19.7. The van der Waals surface area contributed by atoms with Gasteiger partial charge in [0.1, 0.15) is 0 Å². The van der Waals surface area contributed by atoms with Crippen molar-refractivity contribution in [2.24, 2.45) is 0 Å². The van der Waals surface area contributed by atoms with Crippen LogP contribution in [0.25, 0.3) is 12.2 Å². The molecule has 0 aliphatic rings. The fraction of sp³-hybridized carbons (Fsp3) is 0.103. The average Bonchev–Trinajstić information content (AvgIpc) is 2.75. The van der Waals surface area contributed by atoms with Crippen LogP contribution in [0.2, 0.25) is 0 Å². The predicted molar refractivity (Wildman–Crippen MR) is 131 cm³/mol. The molecule has 4 rings (SSSR count). The lowest BCUT2D eigenvalue weighted by Crippen LogP contribution is -2.10. The third-order valence-corrected chi connectivity index (χ3v) is 5.22. The van der Waals surface area contributed by atoms with Gasteiger partial charge in [0, 0.05) is 17.1 Å². The van der Waals surface area contributed by atoms with Crippen molar-refractivity contribution in [2.45, 2.75) is 20.8 Å². The molecular weight excluding hydrogens is 362 g/mol. The van der Waals surface area contributed by atoms with Gasteiger partial charge < -0.3 is 4.90 Å². The Morgan fingerprint density at radius 1 is 0.467 bits per heavy atom. The van der Waals surface area contributed by atoms with Crippen molar-refractivity contribution < 1.29 is 0 Å². The Morgan fingerprint density at radius 3 is 1.40 bits per heavy atom. The quantitative estimate of drug-likeness (QED) is 0.311. The van der Waals surface area contributed by atoms with Gasteiger partial charge in [-0.15, -0.1) is 0 Å². The summed E-state index contributed by atoms with van der Waals surface area (Å²) in [5.74, 6) is 0. The molecule has 1 heteroatoms. The summed E-state index contributed by atoms with van der Waals surface area (Å²) in [6, 6.07) is 34.6. The molecule has 0 heterocycles. The second kappa shape index (κ2) is 8.84. The summed E-state index contributed by atoms with van der Waals surface area (Å²) in [6.07, 6.45) is 4.32. The summed E-state index contributed by atoms with van der Waals surface area (Å²) < 4.78 is 0. The van der Waals surface area contributed by atoms with Crippen molar-refractivity contribution in [3.63, 3.8) is 0 Å². The van der Waals surface area contributed by atoms with Gasteiger partial charge in [-0.3, -0.25) is 0 Å². The van der Waals surface area contributed by atoms with Crippen molar-refractivity contribution in [2.75, 3.05) is 4.90 Å². The normalized spacial score (nSPS) is 11.0. The van der Waals surface area contributed by atoms with E-state index in [1.165, 1.54) is 39.2 Å². The largest absolute Gasteiger partial charge is 0.310 e. The molecule has 1 nitrogen and oxygen atoms in total. The van der Waals surface area contributed by atoms with E-state index in [-0.39, 0.29) is 0 Å². The van der Waals surface area contributed by atoms with Crippen LogP contribution in [-0.4, -0.2) is 0 Å². The lowest BCUT2D eigenvalue weighted by atomic mass is 10.1. The van der Waals surface area contributed by atoms with E-state index in [2.05, 4.69) is 135 Å². The molecule has 0 N–H and O–H groups in total. The van der Waals surface area contributed by atoms with Crippen LogP contribution in [-0.2, 0) is 0 Å². The third-order valence-electron chi connectivity index (χ3n) is 5.22. The van der Waals surface area contributed by atoms with Crippen LogP contribution in [0.15, 0.2) is 97.1 Å². The Bertz CT molecular complexity index is 1110. The number of anilines is 3. The van der Waals surface area contributed by atoms with Crippen LogP contribution in [0.1, 0.15) is 27.8 Å². The summed E-state index contributed by atoms with van der Waals surface area (Å²) in [6.45, 7) is 6.38. The van der Waals surface area contributed by atoms with Crippen molar-refractivity contribution in [3.05, 3.63) is 125 Å². The van der Waals surface area contributed by atoms with Gasteiger partial charge in [0.15, 0.2) is 0 Å². The van der Waals surface area contributed by atoms with Gasteiger partial charge in [-0.05, 0) is 79.4 Å². The van der Waals surface area contributed by atoms with Crippen molar-refractivity contribution in [3.8, 4) is 0 Å². The molecular formula is C29H27N. The number of hydrogen-bond acceptors (Lipinski definition) is 1. The number of hydrogen-bond donors (Lipinski definition) is 0. The van der Waals surface area contributed by atoms with E-state index in [4.69, 9.17) is 0 Å². The molecule has 0 atom stereocenters. The van der Waals surface area contributed by atoms with Crippen LogP contribution >= 0.6 is 0 Å². The number of nitrogens with zero attached hydrogens (tertiary/aromatic N) is 1. The van der Waals surface area contributed by atoms with Crippen LogP contribution in [0, 0.1) is 20.8 Å². The summed E-state index contributed by atoms with van der Waals surface area (Å²) in [5.41, 5.74) is 9.68. The summed E-state index contributed by atoms with van der Waals surface area (Å²) in [5, 5.41) is 0. The summed E-state index contributed by atoms with van der Waals surface area (Å²) >= 11 is 0. The van der Waals surface area contributed by atoms with Crippen LogP contribution in [0.5, 0.6) is 0 Å². The molecule has 0 aromatic heterocycles. The van der Waals surface area contributed by atoms with E-state index in [0.29, 0.717) is 0 Å². The zero-order valence-electron chi connectivity index (χ0n) is 17.8. The van der Waals surface area contributed by atoms with Gasteiger partial charge in [-0.25, -0.2) is 0 Å². The maximum absolute atomic E-state index is 2.31. The summed E-state index contributed by atoms with van der Waals surface area (Å²) in [4.78, 5) is 2.31. The van der Waals surface area contributed by atoms with Gasteiger partial charge in [0.2, 0.25) is 0 Å². The highest BCUT2D eigenvalue weighted by molar-refractivity contribution is 5.78. The molecule has 0 fully saturated rings. The van der Waals surface area contributed by atoms with Gasteiger partial charge in [0.25, 0.3) is 0 Å². The molecule has 0 saturated heterocycles. The lowest BCUT2D eigenvalue weighted by Gasteiger charge is -2.26. The molecule has 0 bridgehead atoms. The molecule has 4 aromatic carbocycles. The molecule has 0 aliphatic carbocycles. The Morgan fingerprint density at radius 2 is 0.933 bits per heavy atom. The van der Waals surface area contributed by atoms with E-state index < -0.39 is 0 Å². The Balaban J connectivity index is 1.66. The second-order valence-electron chi connectivity index (χ2n) is 7.85. The van der Waals surface area contributed by atoms with E-state index in [0.717, 1.165) is 5.69 Å². The first-order valence-electron chi connectivity index (χ1n) is 10.4. The van der Waals surface area contributed by atoms with Gasteiger partial charge >= 0.3 is 0 Å². The van der Waals surface area contributed by atoms with E-state index in [9.17, 15) is 0 Å². The second-order valence-corrected chi connectivity index (χ2v) is 7.85. The minimum atomic E-state index is 1.15. The van der Waals surface area contributed by atoms with Gasteiger partial charge in [-0.2, -0.15) is 0 Å². The molecule has 0 unspecified atom stereocenters. The third kappa shape index (κ3) is 4.69. The van der Waals surface area contributed by atoms with Crippen LogP contribution < -0.4 is 4.90 Å². The molecule has 0 aliphatic heterocycles. The Hall–Kier alpha value is -3.58. The molecule has 4 aromatic rings. The minimum Gasteiger partial charge on any atom is -0.310 e. The van der Waals surface area contributed by atoms with Crippen molar-refractivity contribution >= 4 is 29.2 Å². The van der Waals surface area contributed by atoms with Crippen LogP contribution in [0.4, 0.5) is 17.1 Å². The summed E-state index contributed by atoms with van der Waals surface area (Å²) in [7, 11) is 0. The SMILES string of the molecule is Cc1ccc(/C=C/c2ccc(N(c3cccc(C)c3)c3cccc(C)c3)cc2)cc1. The van der Waals surface area contributed by atoms with E-state index in [1.54, 1.807) is 0 Å². The smallest absolute Gasteiger partial charge is 0.0464 e. The highest BCUT2D eigenvalue weighted by Gasteiger charge is 2.12. The molecule has 0 amide bonds. The minimum absolute atomic E-state index is 1.15. The number of benzene rings is 4. The first-order valence-corrected chi connectivity index (χ1v) is 10.4. The van der Waals surface area contributed by atoms with Gasteiger partial charge in [0.05, 0.1) is 0 Å². The number of rotatable bonds is 5. The molecule has 30 heavy (non-hydrogen) atoms. The molecule has 0 saturated carbocycles. The van der Waals surface area contributed by atoms with Crippen molar-refractivity contribution in [1.29, 1.82) is 0 Å². The standard InChI is InChI=1S/C29H27N/c1-22-10-12-25(13-11-22)14-15-26-16-18-27(19-17-26)30(28-8-4-6-23(2)20-28)29-9-5-7-24(3)21-29/h4-21H,1-3H3/b15-14+. The number of aryl methyl sites for hydroxylation is 3. The van der Waals surface area contributed by atoms with Crippen molar-refractivity contribution in [1.82, 2.24) is 0 Å². The maximum Gasteiger partial charge on any atom is 0.0464 e. The maximum atomic E-state index is 2.31. The zero-order valence-corrected chi connectivity index (χ0v) is 17.8. The molecule has 0 spiro atoms. The average molecular weight is 390 g/mol. The van der Waals surface area contributed by atoms with Gasteiger partial charge in [-0.1, -0.05) is 78.4 Å². The lowest BCUT2D eigenvalue weighted by molar-refractivity contribution is 1.26. The van der Waals surface area contributed by atoms with E-state index in [1.807, 2.05) is 0 Å². The predicted octanol–water partition coefficient (Wildman–Crippen LogP) is 8.25. The monoisotopic (exact) mass is 389 g/mol. The highest BCUT2D eigenvalue weighted by Crippen LogP contribution is 2.35. The Kier molecular flexibility index (Phi) is 5.81.